The Morgan fingerprint density at radius 2 is 1.85 bits per heavy atom. The molecule has 2 heterocycles. The number of halogens is 1. The number of ether oxygens (including phenoxy) is 3. The first-order chi connectivity index (χ1) is 16.4. The molecule has 4 atom stereocenters. The Balaban J connectivity index is 1.42. The van der Waals surface area contributed by atoms with Gasteiger partial charge in [-0.3, -0.25) is 4.90 Å². The van der Waals surface area contributed by atoms with Gasteiger partial charge in [0, 0.05) is 11.9 Å². The number of allylic oxidation sites excluding steroid dienone is 1. The number of esters is 1. The minimum absolute atomic E-state index is 0.0191. The van der Waals surface area contributed by atoms with Gasteiger partial charge in [0.2, 0.25) is 0 Å². The highest BCUT2D eigenvalue weighted by molar-refractivity contribution is 14.1. The number of carbonyl (C=O) groups excluding carboxylic acids is 2. The van der Waals surface area contributed by atoms with E-state index in [2.05, 4.69) is 41.1 Å². The van der Waals surface area contributed by atoms with Gasteiger partial charge < -0.3 is 19.5 Å². The molecule has 0 bridgehead atoms. The smallest absolute Gasteiger partial charge is 0.338 e. The number of hydrogen-bond acceptors (Lipinski definition) is 5. The van der Waals surface area contributed by atoms with E-state index >= 15 is 0 Å². The largest absolute Gasteiger partial charge is 0.493 e. The average Bonchev–Trinajstić information content (AvgIpc) is 3.15. The van der Waals surface area contributed by atoms with E-state index in [1.807, 2.05) is 49.4 Å². The Bertz CT molecular complexity index is 1120. The van der Waals surface area contributed by atoms with E-state index in [1.54, 1.807) is 18.3 Å². The van der Waals surface area contributed by atoms with Crippen molar-refractivity contribution >= 4 is 34.6 Å². The van der Waals surface area contributed by atoms with Crippen LogP contribution in [0.15, 0.2) is 91.5 Å². The van der Waals surface area contributed by atoms with Gasteiger partial charge in [0.05, 0.1) is 15.8 Å². The molecule has 2 aromatic carbocycles. The number of nitrogens with one attached hydrogen (secondary N) is 1. The van der Waals surface area contributed by atoms with Crippen LogP contribution in [0.1, 0.15) is 17.3 Å². The van der Waals surface area contributed by atoms with E-state index in [0.29, 0.717) is 11.3 Å². The van der Waals surface area contributed by atoms with E-state index in [-0.39, 0.29) is 16.6 Å². The molecule has 0 radical (unpaired) electrons. The lowest BCUT2D eigenvalue weighted by molar-refractivity contribution is -0.0694. The van der Waals surface area contributed by atoms with Crippen molar-refractivity contribution in [1.82, 2.24) is 10.2 Å². The topological polar surface area (TPSA) is 77.1 Å². The fraction of sp³-hybridized carbons (Fsp3) is 0.231. The van der Waals surface area contributed by atoms with Crippen LogP contribution in [0.3, 0.4) is 0 Å². The molecular formula is C26H25IN2O5. The van der Waals surface area contributed by atoms with Crippen LogP contribution < -0.4 is 5.32 Å². The third-order valence-electron chi connectivity index (χ3n) is 5.70. The molecule has 0 saturated carbocycles. The predicted molar refractivity (Wildman–Crippen MR) is 137 cm³/mol. The zero-order chi connectivity index (χ0) is 24.2. The molecule has 4 rings (SSSR count). The third-order valence-corrected chi connectivity index (χ3v) is 7.21. The number of nitrogens with zero attached hydrogens (tertiary/aromatic N) is 1. The number of benzene rings is 2. The number of alkyl halides is 1. The highest BCUT2D eigenvalue weighted by atomic mass is 127. The van der Waals surface area contributed by atoms with Crippen LogP contribution in [0.2, 0.25) is 0 Å². The molecule has 1 fully saturated rings. The van der Waals surface area contributed by atoms with Gasteiger partial charge in [-0.15, -0.1) is 0 Å². The van der Waals surface area contributed by atoms with Crippen molar-refractivity contribution < 1.29 is 23.8 Å². The Kier molecular flexibility index (Phi) is 7.38. The number of hydrogen-bond donors (Lipinski definition) is 1. The zero-order valence-corrected chi connectivity index (χ0v) is 20.8. The first kappa shape index (κ1) is 24.0. The van der Waals surface area contributed by atoms with Gasteiger partial charge in [0.15, 0.2) is 12.3 Å². The van der Waals surface area contributed by atoms with Crippen molar-refractivity contribution in [2.45, 2.75) is 29.3 Å². The van der Waals surface area contributed by atoms with Crippen molar-refractivity contribution in [1.29, 1.82) is 0 Å². The molecule has 176 valence electrons. The van der Waals surface area contributed by atoms with Gasteiger partial charge in [-0.25, -0.2) is 9.59 Å². The maximum Gasteiger partial charge on any atom is 0.338 e. The second kappa shape index (κ2) is 10.4. The van der Waals surface area contributed by atoms with Gasteiger partial charge >= 0.3 is 12.0 Å². The molecule has 7 nitrogen and oxygen atoms in total. The minimum Gasteiger partial charge on any atom is -0.493 e. The molecule has 0 spiro atoms. The normalized spacial score (nSPS) is 24.3. The van der Waals surface area contributed by atoms with Gasteiger partial charge in [-0.1, -0.05) is 78.2 Å². The molecule has 0 unspecified atom stereocenters. The number of urea groups is 1. The second-order valence-corrected chi connectivity index (χ2v) is 9.39. The predicted octanol–water partition coefficient (Wildman–Crippen LogP) is 5.01. The summed E-state index contributed by atoms with van der Waals surface area (Å²) in [6.45, 7) is 9.32. The maximum atomic E-state index is 12.7. The van der Waals surface area contributed by atoms with E-state index in [0.717, 1.165) is 16.7 Å². The quantitative estimate of drug-likeness (QED) is 0.219. The number of carbonyl (C=O) groups is 2. The highest BCUT2D eigenvalue weighted by Gasteiger charge is 2.49. The lowest BCUT2D eigenvalue weighted by Gasteiger charge is -2.33. The standard InChI is InChI=1S/C26H25IN2O5/c1-4-32-23-22(27)21(34-24(23)29-14-16(2)17(3)28-26(29)31)15-33-25(30)20-12-10-19(11-13-20)18-8-6-5-7-9-18/h4-14,21-24H,1,3,15H2,2H3,(H,28,31)/t21-,22+,23-,24-/m1/s1. The molecule has 2 aromatic rings. The Morgan fingerprint density at radius 3 is 2.53 bits per heavy atom. The highest BCUT2D eigenvalue weighted by Crippen LogP contribution is 2.34. The summed E-state index contributed by atoms with van der Waals surface area (Å²) in [5.41, 5.74) is 3.88. The molecule has 8 heteroatoms. The van der Waals surface area contributed by atoms with E-state index in [4.69, 9.17) is 14.2 Å². The molecule has 0 aliphatic carbocycles. The molecule has 1 saturated heterocycles. The number of rotatable bonds is 7. The van der Waals surface area contributed by atoms with Crippen molar-refractivity contribution in [3.8, 4) is 11.1 Å². The van der Waals surface area contributed by atoms with E-state index in [1.165, 1.54) is 11.2 Å². The first-order valence-corrected chi connectivity index (χ1v) is 12.0. The summed E-state index contributed by atoms with van der Waals surface area (Å²) in [6, 6.07) is 16.8. The van der Waals surface area contributed by atoms with Crippen LogP contribution in [0, 0.1) is 0 Å². The Hall–Kier alpha value is -3.11. The fourth-order valence-corrected chi connectivity index (χ4v) is 4.71. The monoisotopic (exact) mass is 572 g/mol. The van der Waals surface area contributed by atoms with Crippen LogP contribution in [0.4, 0.5) is 4.79 Å². The maximum absolute atomic E-state index is 12.7. The summed E-state index contributed by atoms with van der Waals surface area (Å²) in [4.78, 5) is 26.6. The molecule has 2 aliphatic heterocycles. The molecule has 2 amide bonds. The van der Waals surface area contributed by atoms with Crippen molar-refractivity contribution in [3.63, 3.8) is 0 Å². The van der Waals surface area contributed by atoms with Crippen molar-refractivity contribution in [2.24, 2.45) is 0 Å². The fourth-order valence-electron chi connectivity index (χ4n) is 3.81. The summed E-state index contributed by atoms with van der Waals surface area (Å²) in [5, 5.41) is 2.71. The van der Waals surface area contributed by atoms with Crippen LogP contribution in [0.5, 0.6) is 0 Å². The first-order valence-electron chi connectivity index (χ1n) is 10.7. The van der Waals surface area contributed by atoms with Crippen LogP contribution in [0.25, 0.3) is 11.1 Å². The third kappa shape index (κ3) is 5.02. The van der Waals surface area contributed by atoms with Gasteiger partial charge in [0.25, 0.3) is 0 Å². The summed E-state index contributed by atoms with van der Waals surface area (Å²) >= 11 is 2.19. The molecule has 1 N–H and O–H groups in total. The van der Waals surface area contributed by atoms with Crippen molar-refractivity contribution in [2.75, 3.05) is 6.61 Å². The molecule has 0 aromatic heterocycles. The summed E-state index contributed by atoms with van der Waals surface area (Å²) in [7, 11) is 0. The molecular weight excluding hydrogens is 547 g/mol. The lowest BCUT2D eigenvalue weighted by atomic mass is 10.0. The summed E-state index contributed by atoms with van der Waals surface area (Å²) < 4.78 is 17.2. The SMILES string of the molecule is C=CO[C@@H]1[C@@H](I)[C@@H](COC(=O)c2ccc(-c3ccccc3)cc2)O[C@H]1N1C=C(C)C(=C)NC1=O. The van der Waals surface area contributed by atoms with E-state index < -0.39 is 24.4 Å². The molecule has 34 heavy (non-hydrogen) atoms. The average molecular weight is 572 g/mol. The van der Waals surface area contributed by atoms with Gasteiger partial charge in [-0.2, -0.15) is 0 Å². The van der Waals surface area contributed by atoms with Crippen molar-refractivity contribution in [3.05, 3.63) is 97.1 Å². The minimum atomic E-state index is -0.711. The van der Waals surface area contributed by atoms with E-state index in [9.17, 15) is 9.59 Å². The van der Waals surface area contributed by atoms with Crippen LogP contribution in [-0.4, -0.2) is 45.9 Å². The van der Waals surface area contributed by atoms with Crippen LogP contribution in [-0.2, 0) is 14.2 Å². The summed E-state index contributed by atoms with van der Waals surface area (Å²) in [6.07, 6.45) is 1.32. The lowest BCUT2D eigenvalue weighted by Crippen LogP contribution is -2.50. The second-order valence-electron chi connectivity index (χ2n) is 7.95. The number of amides is 2. The van der Waals surface area contributed by atoms with Gasteiger partial charge in [-0.05, 0) is 35.8 Å². The Morgan fingerprint density at radius 1 is 1.18 bits per heavy atom. The summed E-state index contributed by atoms with van der Waals surface area (Å²) in [5.74, 6) is -0.445. The zero-order valence-electron chi connectivity index (χ0n) is 18.6. The molecule has 2 aliphatic rings. The Labute approximate surface area is 212 Å². The van der Waals surface area contributed by atoms with Gasteiger partial charge in [0.1, 0.15) is 12.7 Å². The van der Waals surface area contributed by atoms with Crippen LogP contribution >= 0.6 is 22.6 Å².